The van der Waals surface area contributed by atoms with Gasteiger partial charge in [-0.15, -0.1) is 0 Å². The van der Waals surface area contributed by atoms with E-state index < -0.39 is 5.91 Å². The maximum absolute atomic E-state index is 13.0. The van der Waals surface area contributed by atoms with Gasteiger partial charge in [-0.1, -0.05) is 18.2 Å². The number of benzene rings is 1. The topological polar surface area (TPSA) is 111 Å². The summed E-state index contributed by atoms with van der Waals surface area (Å²) in [7, 11) is 0. The maximum atomic E-state index is 13.0. The van der Waals surface area contributed by atoms with Gasteiger partial charge < -0.3 is 15.2 Å². The highest BCUT2D eigenvalue weighted by atomic mass is 16.2. The van der Waals surface area contributed by atoms with Gasteiger partial charge in [-0.2, -0.15) is 0 Å². The van der Waals surface area contributed by atoms with Crippen molar-refractivity contribution in [3.05, 3.63) is 69.5 Å². The van der Waals surface area contributed by atoms with E-state index in [1.165, 1.54) is 6.20 Å². The molecule has 0 aliphatic carbocycles. The third kappa shape index (κ3) is 4.26. The Kier molecular flexibility index (Phi) is 6.03. The van der Waals surface area contributed by atoms with Gasteiger partial charge in [0.05, 0.1) is 16.8 Å². The molecular weight excluding hydrogens is 406 g/mol. The highest BCUT2D eigenvalue weighted by Crippen LogP contribution is 2.25. The van der Waals surface area contributed by atoms with Gasteiger partial charge in [-0.05, 0) is 38.3 Å². The molecule has 3 heterocycles. The van der Waals surface area contributed by atoms with Crippen molar-refractivity contribution in [3.63, 3.8) is 0 Å². The maximum Gasteiger partial charge on any atom is 0.252 e. The number of aromatic nitrogens is 3. The number of fused-ring (bicyclic) bond motifs is 1. The van der Waals surface area contributed by atoms with E-state index in [2.05, 4.69) is 9.97 Å². The molecule has 2 N–H and O–H groups in total. The Hall–Kier alpha value is -3.55. The van der Waals surface area contributed by atoms with E-state index in [0.29, 0.717) is 36.7 Å². The number of carbonyl (C=O) groups is 2. The average molecular weight is 434 g/mol. The predicted molar refractivity (Wildman–Crippen MR) is 121 cm³/mol. The molecule has 1 aliphatic rings. The van der Waals surface area contributed by atoms with Crippen molar-refractivity contribution < 1.29 is 9.59 Å². The van der Waals surface area contributed by atoms with Gasteiger partial charge >= 0.3 is 0 Å². The quantitative estimate of drug-likeness (QED) is 0.664. The number of pyridine rings is 1. The van der Waals surface area contributed by atoms with Crippen LogP contribution in [0.5, 0.6) is 0 Å². The van der Waals surface area contributed by atoms with E-state index in [4.69, 9.17) is 5.73 Å². The Balaban J connectivity index is 1.47. The number of primary amides is 1. The van der Waals surface area contributed by atoms with Crippen LogP contribution in [0.2, 0.25) is 0 Å². The minimum Gasteiger partial charge on any atom is -0.365 e. The first-order valence-corrected chi connectivity index (χ1v) is 10.9. The third-order valence-corrected chi connectivity index (χ3v) is 6.18. The summed E-state index contributed by atoms with van der Waals surface area (Å²) in [6.07, 6.45) is 3.45. The number of hydrogen-bond donors (Lipinski definition) is 1. The number of rotatable bonds is 5. The van der Waals surface area contributed by atoms with E-state index in [1.54, 1.807) is 17.6 Å². The second kappa shape index (κ2) is 8.90. The highest BCUT2D eigenvalue weighted by molar-refractivity contribution is 5.93. The van der Waals surface area contributed by atoms with E-state index in [-0.39, 0.29) is 23.8 Å². The van der Waals surface area contributed by atoms with Crippen LogP contribution in [0.25, 0.3) is 10.9 Å². The van der Waals surface area contributed by atoms with Gasteiger partial charge in [-0.3, -0.25) is 14.4 Å². The van der Waals surface area contributed by atoms with Crippen LogP contribution in [0.1, 0.15) is 52.6 Å². The first kappa shape index (κ1) is 21.7. The molecule has 8 heteroatoms. The number of hydrogen-bond acceptors (Lipinski definition) is 5. The lowest BCUT2D eigenvalue weighted by Crippen LogP contribution is -2.40. The predicted octanol–water partition coefficient (Wildman–Crippen LogP) is 2.30. The van der Waals surface area contributed by atoms with Crippen molar-refractivity contribution in [1.29, 1.82) is 0 Å². The number of nitrogens with two attached hydrogens (primary N) is 1. The van der Waals surface area contributed by atoms with Crippen LogP contribution in [-0.2, 0) is 11.3 Å². The van der Waals surface area contributed by atoms with E-state index in [0.717, 1.165) is 29.3 Å². The minimum absolute atomic E-state index is 0.0104. The van der Waals surface area contributed by atoms with Crippen molar-refractivity contribution in [3.8, 4) is 0 Å². The Morgan fingerprint density at radius 1 is 1.22 bits per heavy atom. The first-order valence-electron chi connectivity index (χ1n) is 10.9. The Bertz CT molecular complexity index is 1250. The van der Waals surface area contributed by atoms with E-state index in [9.17, 15) is 14.4 Å². The summed E-state index contributed by atoms with van der Waals surface area (Å²) in [4.78, 5) is 47.6. The fourth-order valence-electron chi connectivity index (χ4n) is 4.44. The lowest BCUT2D eigenvalue weighted by molar-refractivity contribution is -0.132. The molecule has 3 aromatic rings. The van der Waals surface area contributed by atoms with Gasteiger partial charge in [0.15, 0.2) is 0 Å². The van der Waals surface area contributed by atoms with E-state index >= 15 is 0 Å². The normalized spacial score (nSPS) is 16.3. The molecule has 0 radical (unpaired) electrons. The number of para-hydroxylation sites is 1. The van der Waals surface area contributed by atoms with Gasteiger partial charge in [0, 0.05) is 49.6 Å². The van der Waals surface area contributed by atoms with Crippen molar-refractivity contribution in [2.45, 2.75) is 45.6 Å². The molecule has 1 saturated heterocycles. The summed E-state index contributed by atoms with van der Waals surface area (Å²) < 4.78 is 1.68. The van der Waals surface area contributed by atoms with Crippen molar-refractivity contribution in [1.82, 2.24) is 19.4 Å². The molecule has 8 nitrogen and oxygen atoms in total. The standard InChI is InChI=1S/C24H27N5O3/c1-15-12-22(31)29(20-8-4-3-7-18(15)20)11-9-21(30)28-10-5-6-17(14-28)24-26-13-19(23(25)32)16(2)27-24/h3-4,7-8,12-13,17H,5-6,9-11,14H2,1-2H3,(H2,25,32)/t17-/m0/s1. The second-order valence-corrected chi connectivity index (χ2v) is 8.35. The van der Waals surface area contributed by atoms with E-state index in [1.807, 2.05) is 36.1 Å². The molecule has 166 valence electrons. The van der Waals surface area contributed by atoms with Gasteiger partial charge in [0.2, 0.25) is 5.91 Å². The summed E-state index contributed by atoms with van der Waals surface area (Å²) >= 11 is 0. The molecule has 0 spiro atoms. The number of aryl methyl sites for hydroxylation is 3. The van der Waals surface area contributed by atoms with Crippen LogP contribution in [-0.4, -0.2) is 44.3 Å². The summed E-state index contributed by atoms with van der Waals surface area (Å²) in [5, 5.41) is 1.02. The number of likely N-dealkylation sites (tertiary alicyclic amines) is 1. The fourth-order valence-corrected chi connectivity index (χ4v) is 4.44. The number of carbonyl (C=O) groups excluding carboxylic acids is 2. The SMILES string of the molecule is Cc1nc([C@H]2CCCN(C(=O)CCn3c(=O)cc(C)c4ccccc43)C2)ncc1C(N)=O. The summed E-state index contributed by atoms with van der Waals surface area (Å²) in [5.41, 5.74) is 7.90. The Morgan fingerprint density at radius 2 is 2.00 bits per heavy atom. The number of piperidine rings is 1. The summed E-state index contributed by atoms with van der Waals surface area (Å²) in [5.74, 6) is 0.104. The highest BCUT2D eigenvalue weighted by Gasteiger charge is 2.27. The molecule has 4 rings (SSSR count). The molecule has 1 aliphatic heterocycles. The summed E-state index contributed by atoms with van der Waals surface area (Å²) in [6.45, 7) is 5.20. The second-order valence-electron chi connectivity index (χ2n) is 8.35. The molecule has 1 fully saturated rings. The van der Waals surface area contributed by atoms with Gasteiger partial charge in [-0.25, -0.2) is 9.97 Å². The van der Waals surface area contributed by atoms with Crippen LogP contribution in [0.4, 0.5) is 0 Å². The fraction of sp³-hybridized carbons (Fsp3) is 0.375. The molecule has 1 aromatic carbocycles. The largest absolute Gasteiger partial charge is 0.365 e. The number of nitrogens with zero attached hydrogens (tertiary/aromatic N) is 4. The Morgan fingerprint density at radius 3 is 2.75 bits per heavy atom. The molecule has 0 saturated carbocycles. The smallest absolute Gasteiger partial charge is 0.252 e. The molecule has 2 amide bonds. The zero-order valence-corrected chi connectivity index (χ0v) is 18.4. The van der Waals surface area contributed by atoms with Crippen LogP contribution < -0.4 is 11.3 Å². The zero-order valence-electron chi connectivity index (χ0n) is 18.4. The lowest BCUT2D eigenvalue weighted by atomic mass is 9.96. The Labute approximate surface area is 186 Å². The van der Waals surface area contributed by atoms with Crippen LogP contribution in [0.3, 0.4) is 0 Å². The van der Waals surface area contributed by atoms with Gasteiger partial charge in [0.25, 0.3) is 11.5 Å². The third-order valence-electron chi connectivity index (χ3n) is 6.18. The van der Waals surface area contributed by atoms with Crippen molar-refractivity contribution in [2.75, 3.05) is 13.1 Å². The van der Waals surface area contributed by atoms with Crippen LogP contribution in [0.15, 0.2) is 41.3 Å². The monoisotopic (exact) mass is 433 g/mol. The van der Waals surface area contributed by atoms with Crippen LogP contribution >= 0.6 is 0 Å². The zero-order chi connectivity index (χ0) is 22.8. The molecule has 0 unspecified atom stereocenters. The summed E-state index contributed by atoms with van der Waals surface area (Å²) in [6, 6.07) is 9.38. The molecule has 1 atom stereocenters. The molecular formula is C24H27N5O3. The molecule has 0 bridgehead atoms. The van der Waals surface area contributed by atoms with Crippen molar-refractivity contribution in [2.24, 2.45) is 5.73 Å². The minimum atomic E-state index is -0.548. The van der Waals surface area contributed by atoms with Gasteiger partial charge in [0.1, 0.15) is 5.82 Å². The first-order chi connectivity index (χ1) is 15.3. The lowest BCUT2D eigenvalue weighted by Gasteiger charge is -2.32. The van der Waals surface area contributed by atoms with Crippen molar-refractivity contribution >= 4 is 22.7 Å². The van der Waals surface area contributed by atoms with Crippen LogP contribution in [0, 0.1) is 13.8 Å². The number of amides is 2. The molecule has 2 aromatic heterocycles. The average Bonchev–Trinajstić information content (AvgIpc) is 2.78. The molecule has 32 heavy (non-hydrogen) atoms.